The molecule has 0 atom stereocenters. The summed E-state index contributed by atoms with van der Waals surface area (Å²) in [6.45, 7) is 7.85. The smallest absolute Gasteiger partial charge is 0.316 e. The van der Waals surface area contributed by atoms with Crippen LogP contribution in [0.25, 0.3) is 11.0 Å². The third-order valence-corrected chi connectivity index (χ3v) is 3.54. The lowest BCUT2D eigenvalue weighted by atomic mass is 10.1. The number of hydrogen-bond donors (Lipinski definition) is 1. The number of fused-ring (bicyclic) bond motifs is 1. The fourth-order valence-electron chi connectivity index (χ4n) is 2.46. The van der Waals surface area contributed by atoms with Crippen LogP contribution in [-0.4, -0.2) is 22.6 Å². The fourth-order valence-corrected chi connectivity index (χ4v) is 2.46. The van der Waals surface area contributed by atoms with Crippen molar-refractivity contribution in [3.63, 3.8) is 0 Å². The van der Waals surface area contributed by atoms with Crippen molar-refractivity contribution in [2.45, 2.75) is 20.8 Å². The second-order valence-corrected chi connectivity index (χ2v) is 4.62. The number of H-pyrrole nitrogens is 1. The Morgan fingerprint density at radius 3 is 2.42 bits per heavy atom. The van der Waals surface area contributed by atoms with Crippen molar-refractivity contribution >= 4 is 16.7 Å². The molecule has 1 aromatic carbocycles. The predicted octanol–water partition coefficient (Wildman–Crippen LogP) is 1.38. The molecule has 19 heavy (non-hydrogen) atoms. The van der Waals surface area contributed by atoms with Crippen LogP contribution in [0.5, 0.6) is 0 Å². The van der Waals surface area contributed by atoms with Gasteiger partial charge in [0, 0.05) is 20.1 Å². The predicted molar refractivity (Wildman–Crippen MR) is 78.1 cm³/mol. The Morgan fingerprint density at radius 1 is 1.21 bits per heavy atom. The van der Waals surface area contributed by atoms with E-state index in [-0.39, 0.29) is 0 Å². The molecule has 5 nitrogen and oxygen atoms in total. The molecule has 0 saturated carbocycles. The first-order valence-corrected chi connectivity index (χ1v) is 6.48. The standard InChI is InChI=1S/C14H19N3O2/c1-5-17(6-2)12-9(3)7-8-10-11(12)15-13(18)14(19)16(10)4/h7-8H,5-6H2,1-4H3,(H,15,18). The van der Waals surface area contributed by atoms with Gasteiger partial charge in [-0.3, -0.25) is 9.59 Å². The van der Waals surface area contributed by atoms with E-state index in [4.69, 9.17) is 0 Å². The van der Waals surface area contributed by atoms with Gasteiger partial charge in [-0.2, -0.15) is 0 Å². The van der Waals surface area contributed by atoms with Crippen LogP contribution in [0, 0.1) is 6.92 Å². The number of hydrogen-bond acceptors (Lipinski definition) is 3. The normalized spacial score (nSPS) is 10.9. The van der Waals surface area contributed by atoms with Crippen molar-refractivity contribution in [1.82, 2.24) is 9.55 Å². The molecular weight excluding hydrogens is 242 g/mol. The number of aryl methyl sites for hydroxylation is 2. The van der Waals surface area contributed by atoms with E-state index in [1.807, 2.05) is 19.1 Å². The zero-order valence-electron chi connectivity index (χ0n) is 11.8. The molecule has 0 bridgehead atoms. The third kappa shape index (κ3) is 2.05. The molecule has 0 spiro atoms. The summed E-state index contributed by atoms with van der Waals surface area (Å²) in [4.78, 5) is 28.3. The van der Waals surface area contributed by atoms with E-state index in [0.717, 1.165) is 35.4 Å². The number of aromatic nitrogens is 2. The molecule has 0 aliphatic heterocycles. The van der Waals surface area contributed by atoms with E-state index in [0.29, 0.717) is 0 Å². The van der Waals surface area contributed by atoms with Crippen LogP contribution in [0.1, 0.15) is 19.4 Å². The molecule has 1 N–H and O–H groups in total. The summed E-state index contributed by atoms with van der Waals surface area (Å²) >= 11 is 0. The van der Waals surface area contributed by atoms with Gasteiger partial charge in [0.1, 0.15) is 0 Å². The number of nitrogens with zero attached hydrogens (tertiary/aromatic N) is 2. The summed E-state index contributed by atoms with van der Waals surface area (Å²) in [5, 5.41) is 0. The first-order chi connectivity index (χ1) is 9.01. The summed E-state index contributed by atoms with van der Waals surface area (Å²) < 4.78 is 1.40. The molecule has 0 amide bonds. The largest absolute Gasteiger partial charge is 0.370 e. The van der Waals surface area contributed by atoms with Gasteiger partial charge >= 0.3 is 11.1 Å². The van der Waals surface area contributed by atoms with Gasteiger partial charge in [-0.15, -0.1) is 0 Å². The summed E-state index contributed by atoms with van der Waals surface area (Å²) in [7, 11) is 1.63. The molecular formula is C14H19N3O2. The Bertz CT molecular complexity index is 724. The van der Waals surface area contributed by atoms with Gasteiger partial charge in [-0.1, -0.05) is 6.07 Å². The van der Waals surface area contributed by atoms with Crippen LogP contribution in [0.15, 0.2) is 21.7 Å². The van der Waals surface area contributed by atoms with E-state index >= 15 is 0 Å². The van der Waals surface area contributed by atoms with E-state index in [1.165, 1.54) is 4.57 Å². The third-order valence-electron chi connectivity index (χ3n) is 3.54. The maximum Gasteiger partial charge on any atom is 0.316 e. The van der Waals surface area contributed by atoms with Crippen molar-refractivity contribution in [3.05, 3.63) is 38.4 Å². The van der Waals surface area contributed by atoms with E-state index in [9.17, 15) is 9.59 Å². The SMILES string of the molecule is CCN(CC)c1c(C)ccc2c1[nH]c(=O)c(=O)n2C. The number of aromatic amines is 1. The van der Waals surface area contributed by atoms with Crippen LogP contribution in [0.4, 0.5) is 5.69 Å². The van der Waals surface area contributed by atoms with E-state index < -0.39 is 11.1 Å². The maximum absolute atomic E-state index is 11.7. The first kappa shape index (κ1) is 13.4. The Morgan fingerprint density at radius 2 is 1.84 bits per heavy atom. The molecule has 0 fully saturated rings. The minimum absolute atomic E-state index is 0.526. The summed E-state index contributed by atoms with van der Waals surface area (Å²) in [6.07, 6.45) is 0. The van der Waals surface area contributed by atoms with Crippen LogP contribution in [-0.2, 0) is 7.05 Å². The highest BCUT2D eigenvalue weighted by Crippen LogP contribution is 2.27. The Hall–Kier alpha value is -2.04. The second kappa shape index (κ2) is 4.91. The zero-order valence-corrected chi connectivity index (χ0v) is 11.8. The maximum atomic E-state index is 11.7. The lowest BCUT2D eigenvalue weighted by Gasteiger charge is -2.25. The molecule has 0 saturated heterocycles. The van der Waals surface area contributed by atoms with Gasteiger partial charge in [-0.05, 0) is 32.4 Å². The highest BCUT2D eigenvalue weighted by Gasteiger charge is 2.14. The topological polar surface area (TPSA) is 58.1 Å². The number of nitrogens with one attached hydrogen (secondary N) is 1. The molecule has 0 aliphatic carbocycles. The number of benzene rings is 1. The molecule has 0 radical (unpaired) electrons. The Labute approximate surface area is 111 Å². The van der Waals surface area contributed by atoms with E-state index in [1.54, 1.807) is 7.05 Å². The Kier molecular flexibility index (Phi) is 3.46. The lowest BCUT2D eigenvalue weighted by molar-refractivity contribution is 0.850. The van der Waals surface area contributed by atoms with Gasteiger partial charge in [-0.25, -0.2) is 0 Å². The minimum Gasteiger partial charge on any atom is -0.370 e. The van der Waals surface area contributed by atoms with Crippen LogP contribution < -0.4 is 16.0 Å². The summed E-state index contributed by atoms with van der Waals surface area (Å²) in [5.41, 5.74) is 2.46. The molecule has 5 heteroatoms. The van der Waals surface area contributed by atoms with Crippen LogP contribution >= 0.6 is 0 Å². The van der Waals surface area contributed by atoms with Crippen molar-refractivity contribution in [1.29, 1.82) is 0 Å². The van der Waals surface area contributed by atoms with Gasteiger partial charge in [0.2, 0.25) is 0 Å². The van der Waals surface area contributed by atoms with Gasteiger partial charge in [0.25, 0.3) is 0 Å². The first-order valence-electron chi connectivity index (χ1n) is 6.48. The Balaban J connectivity index is 2.94. The molecule has 1 aromatic heterocycles. The zero-order chi connectivity index (χ0) is 14.2. The van der Waals surface area contributed by atoms with Crippen molar-refractivity contribution in [3.8, 4) is 0 Å². The molecule has 102 valence electrons. The summed E-state index contributed by atoms with van der Waals surface area (Å²) in [6, 6.07) is 3.85. The average molecular weight is 261 g/mol. The number of rotatable bonds is 3. The molecule has 0 aliphatic rings. The van der Waals surface area contributed by atoms with E-state index in [2.05, 4.69) is 23.7 Å². The quantitative estimate of drug-likeness (QED) is 0.849. The molecule has 0 unspecified atom stereocenters. The monoisotopic (exact) mass is 261 g/mol. The number of anilines is 1. The summed E-state index contributed by atoms with van der Waals surface area (Å²) in [5.74, 6) is 0. The average Bonchev–Trinajstić information content (AvgIpc) is 2.40. The van der Waals surface area contributed by atoms with Crippen molar-refractivity contribution in [2.75, 3.05) is 18.0 Å². The minimum atomic E-state index is -0.575. The highest BCUT2D eigenvalue weighted by atomic mass is 16.2. The molecule has 1 heterocycles. The van der Waals surface area contributed by atoms with Crippen LogP contribution in [0.3, 0.4) is 0 Å². The van der Waals surface area contributed by atoms with Crippen molar-refractivity contribution in [2.24, 2.45) is 7.05 Å². The van der Waals surface area contributed by atoms with Gasteiger partial charge < -0.3 is 14.5 Å². The van der Waals surface area contributed by atoms with Gasteiger partial charge in [0.15, 0.2) is 0 Å². The molecule has 2 aromatic rings. The van der Waals surface area contributed by atoms with Crippen molar-refractivity contribution < 1.29 is 0 Å². The van der Waals surface area contributed by atoms with Gasteiger partial charge in [0.05, 0.1) is 16.7 Å². The molecule has 2 rings (SSSR count). The second-order valence-electron chi connectivity index (χ2n) is 4.62. The lowest BCUT2D eigenvalue weighted by Crippen LogP contribution is -2.35. The highest BCUT2D eigenvalue weighted by molar-refractivity contribution is 5.90. The fraction of sp³-hybridized carbons (Fsp3) is 0.429. The van der Waals surface area contributed by atoms with Crippen LogP contribution in [0.2, 0.25) is 0 Å².